The predicted octanol–water partition coefficient (Wildman–Crippen LogP) is 5.41. The van der Waals surface area contributed by atoms with Crippen molar-refractivity contribution in [2.75, 3.05) is 0 Å². The Labute approximate surface area is 111 Å². The molecule has 18 heavy (non-hydrogen) atoms. The van der Waals surface area contributed by atoms with Crippen molar-refractivity contribution in [2.45, 2.75) is 51.4 Å². The maximum Gasteiger partial charge on any atom is 0.0172 e. The summed E-state index contributed by atoms with van der Waals surface area (Å²) in [6.45, 7) is 4.54. The van der Waals surface area contributed by atoms with Gasteiger partial charge in [0.2, 0.25) is 0 Å². The lowest BCUT2D eigenvalue weighted by atomic mass is 9.69. The summed E-state index contributed by atoms with van der Waals surface area (Å²) in [6.07, 6.45) is 13.2. The van der Waals surface area contributed by atoms with E-state index in [2.05, 4.69) is 62.4 Å². The van der Waals surface area contributed by atoms with E-state index < -0.39 is 0 Å². The number of hydrogen-bond acceptors (Lipinski definition) is 0. The maximum atomic E-state index is 2.43. The van der Waals surface area contributed by atoms with Crippen molar-refractivity contribution in [1.82, 2.24) is 0 Å². The van der Waals surface area contributed by atoms with Gasteiger partial charge in [-0.3, -0.25) is 0 Å². The van der Waals surface area contributed by atoms with Gasteiger partial charge in [-0.15, -0.1) is 0 Å². The highest BCUT2D eigenvalue weighted by atomic mass is 14.3. The van der Waals surface area contributed by atoms with E-state index in [1.54, 1.807) is 5.57 Å². The third kappa shape index (κ3) is 2.75. The van der Waals surface area contributed by atoms with Crippen LogP contribution < -0.4 is 0 Å². The molecule has 0 bridgehead atoms. The third-order valence-electron chi connectivity index (χ3n) is 4.07. The molecule has 0 N–H and O–H groups in total. The fourth-order valence-corrected chi connectivity index (χ4v) is 2.91. The molecule has 0 nitrogen and oxygen atoms in total. The molecule has 0 aromatic heterocycles. The molecular formula is C18H24. The summed E-state index contributed by atoms with van der Waals surface area (Å²) in [7, 11) is 0. The molecule has 1 unspecified atom stereocenters. The van der Waals surface area contributed by atoms with E-state index in [-0.39, 0.29) is 5.41 Å². The SMILES string of the molecule is CCCCC1(c2ccccc2)C=CC=C(CC)C1. The fraction of sp³-hybridized carbons (Fsp3) is 0.444. The Morgan fingerprint density at radius 3 is 2.56 bits per heavy atom. The Hall–Kier alpha value is -1.30. The molecule has 1 aromatic carbocycles. The van der Waals surface area contributed by atoms with Crippen molar-refractivity contribution in [3.63, 3.8) is 0 Å². The first kappa shape index (κ1) is 13.1. The molecular weight excluding hydrogens is 216 g/mol. The van der Waals surface area contributed by atoms with Gasteiger partial charge in [0.25, 0.3) is 0 Å². The van der Waals surface area contributed by atoms with Crippen LogP contribution in [0.4, 0.5) is 0 Å². The van der Waals surface area contributed by atoms with Crippen LogP contribution in [0.1, 0.15) is 51.5 Å². The molecule has 1 atom stereocenters. The molecule has 1 aromatic rings. The van der Waals surface area contributed by atoms with Crippen LogP contribution in [0.15, 0.2) is 54.1 Å². The van der Waals surface area contributed by atoms with Gasteiger partial charge in [0.15, 0.2) is 0 Å². The normalized spacial score (nSPS) is 22.9. The van der Waals surface area contributed by atoms with Crippen molar-refractivity contribution in [2.24, 2.45) is 0 Å². The molecule has 96 valence electrons. The molecule has 1 aliphatic rings. The van der Waals surface area contributed by atoms with E-state index >= 15 is 0 Å². The highest BCUT2D eigenvalue weighted by molar-refractivity contribution is 5.38. The minimum Gasteiger partial charge on any atom is -0.0736 e. The lowest BCUT2D eigenvalue weighted by molar-refractivity contribution is 0.455. The second kappa shape index (κ2) is 6.04. The summed E-state index contributed by atoms with van der Waals surface area (Å²) in [6, 6.07) is 11.0. The van der Waals surface area contributed by atoms with E-state index in [1.165, 1.54) is 37.7 Å². The van der Waals surface area contributed by atoms with Crippen LogP contribution in [0, 0.1) is 0 Å². The van der Waals surface area contributed by atoms with Gasteiger partial charge >= 0.3 is 0 Å². The summed E-state index contributed by atoms with van der Waals surface area (Å²) in [5.74, 6) is 0. The van der Waals surface area contributed by atoms with Crippen LogP contribution in [0.25, 0.3) is 0 Å². The minimum absolute atomic E-state index is 0.247. The van der Waals surface area contributed by atoms with E-state index in [9.17, 15) is 0 Å². The Kier molecular flexibility index (Phi) is 4.41. The van der Waals surface area contributed by atoms with Crippen molar-refractivity contribution in [3.8, 4) is 0 Å². The lowest BCUT2D eigenvalue weighted by Crippen LogP contribution is -2.26. The quantitative estimate of drug-likeness (QED) is 0.645. The smallest absolute Gasteiger partial charge is 0.0172 e. The van der Waals surface area contributed by atoms with E-state index in [0.717, 1.165) is 0 Å². The molecule has 0 radical (unpaired) electrons. The van der Waals surface area contributed by atoms with E-state index in [4.69, 9.17) is 0 Å². The van der Waals surface area contributed by atoms with Crippen LogP contribution in [0.2, 0.25) is 0 Å². The molecule has 2 rings (SSSR count). The topological polar surface area (TPSA) is 0 Å². The predicted molar refractivity (Wildman–Crippen MR) is 79.8 cm³/mol. The second-order valence-electron chi connectivity index (χ2n) is 5.34. The highest BCUT2D eigenvalue weighted by Gasteiger charge is 2.30. The maximum absolute atomic E-state index is 2.43. The van der Waals surface area contributed by atoms with Crippen LogP contribution in [0.5, 0.6) is 0 Å². The van der Waals surface area contributed by atoms with Gasteiger partial charge < -0.3 is 0 Å². The van der Waals surface area contributed by atoms with Gasteiger partial charge in [-0.2, -0.15) is 0 Å². The number of allylic oxidation sites excluding steroid dienone is 4. The zero-order chi connectivity index (χ0) is 12.8. The molecule has 1 aliphatic carbocycles. The summed E-state index contributed by atoms with van der Waals surface area (Å²) in [4.78, 5) is 0. The highest BCUT2D eigenvalue weighted by Crippen LogP contribution is 2.40. The van der Waals surface area contributed by atoms with Crippen molar-refractivity contribution < 1.29 is 0 Å². The lowest BCUT2D eigenvalue weighted by Gasteiger charge is -2.34. The summed E-state index contributed by atoms with van der Waals surface area (Å²) in [5.41, 5.74) is 3.31. The largest absolute Gasteiger partial charge is 0.0736 e. The molecule has 0 saturated carbocycles. The summed E-state index contributed by atoms with van der Waals surface area (Å²) < 4.78 is 0. The molecule has 0 fully saturated rings. The Balaban J connectivity index is 2.31. The number of rotatable bonds is 5. The van der Waals surface area contributed by atoms with Crippen LogP contribution in [-0.2, 0) is 5.41 Å². The van der Waals surface area contributed by atoms with Gasteiger partial charge in [-0.25, -0.2) is 0 Å². The minimum atomic E-state index is 0.247. The average Bonchev–Trinajstić information content (AvgIpc) is 2.46. The van der Waals surface area contributed by atoms with Gasteiger partial charge in [-0.1, -0.05) is 80.8 Å². The fourth-order valence-electron chi connectivity index (χ4n) is 2.91. The van der Waals surface area contributed by atoms with Crippen LogP contribution in [0.3, 0.4) is 0 Å². The number of unbranched alkanes of at least 4 members (excludes halogenated alkanes) is 1. The zero-order valence-electron chi connectivity index (χ0n) is 11.7. The molecule has 0 heteroatoms. The van der Waals surface area contributed by atoms with Gasteiger partial charge in [0, 0.05) is 5.41 Å². The molecule has 0 spiro atoms. The monoisotopic (exact) mass is 240 g/mol. The van der Waals surface area contributed by atoms with Crippen molar-refractivity contribution >= 4 is 0 Å². The molecule has 0 saturated heterocycles. The van der Waals surface area contributed by atoms with Gasteiger partial charge in [0.1, 0.15) is 0 Å². The van der Waals surface area contributed by atoms with Crippen molar-refractivity contribution in [3.05, 3.63) is 59.7 Å². The summed E-state index contributed by atoms with van der Waals surface area (Å²) >= 11 is 0. The molecule has 0 aliphatic heterocycles. The Morgan fingerprint density at radius 2 is 1.89 bits per heavy atom. The first-order valence-electron chi connectivity index (χ1n) is 7.23. The zero-order valence-corrected chi connectivity index (χ0v) is 11.7. The number of hydrogen-bond donors (Lipinski definition) is 0. The Morgan fingerprint density at radius 1 is 1.11 bits per heavy atom. The third-order valence-corrected chi connectivity index (χ3v) is 4.07. The van der Waals surface area contributed by atoms with Crippen molar-refractivity contribution in [1.29, 1.82) is 0 Å². The summed E-state index contributed by atoms with van der Waals surface area (Å²) in [5, 5.41) is 0. The Bertz CT molecular complexity index is 425. The van der Waals surface area contributed by atoms with Crippen LogP contribution >= 0.6 is 0 Å². The molecule has 0 amide bonds. The van der Waals surface area contributed by atoms with E-state index in [1.807, 2.05) is 0 Å². The standard InChI is InChI=1S/C18H24/c1-3-5-13-18(17-11-7-6-8-12-17)14-9-10-16(4-2)15-18/h6-12,14H,3-5,13,15H2,1-2H3. The average molecular weight is 240 g/mol. The first-order valence-corrected chi connectivity index (χ1v) is 7.23. The van der Waals surface area contributed by atoms with Crippen LogP contribution in [-0.4, -0.2) is 0 Å². The molecule has 0 heterocycles. The van der Waals surface area contributed by atoms with Gasteiger partial charge in [0.05, 0.1) is 0 Å². The number of benzene rings is 1. The first-order chi connectivity index (χ1) is 8.80. The van der Waals surface area contributed by atoms with Gasteiger partial charge in [-0.05, 0) is 24.8 Å². The van der Waals surface area contributed by atoms with E-state index in [0.29, 0.717) is 0 Å². The second-order valence-corrected chi connectivity index (χ2v) is 5.34.